The van der Waals surface area contributed by atoms with E-state index in [2.05, 4.69) is 63.3 Å². The van der Waals surface area contributed by atoms with E-state index < -0.39 is 0 Å². The Bertz CT molecular complexity index is 375. The van der Waals surface area contributed by atoms with Crippen LogP contribution in [0.15, 0.2) is 18.2 Å². The molecule has 1 aromatic carbocycles. The molecule has 1 N–H and O–H groups in total. The molecule has 0 heterocycles. The number of rotatable bonds is 8. The zero-order valence-electron chi connectivity index (χ0n) is 13.0. The van der Waals surface area contributed by atoms with Crippen LogP contribution >= 0.6 is 0 Å². The molecular formula is C16H28N2O. The predicted octanol–water partition coefficient (Wildman–Crippen LogP) is 2.65. The maximum atomic E-state index is 5.91. The van der Waals surface area contributed by atoms with Crippen LogP contribution in [0, 0.1) is 6.92 Å². The molecule has 3 nitrogen and oxygen atoms in total. The number of aryl methyl sites for hydroxylation is 1. The second kappa shape index (κ2) is 8.18. The summed E-state index contributed by atoms with van der Waals surface area (Å²) in [6, 6.07) is 6.46. The molecule has 0 atom stereocenters. The SMILES string of the molecule is Cc1ccc(C(C)C)c(OCCNCCN(C)C)c1. The fraction of sp³-hybridized carbons (Fsp3) is 0.625. The number of nitrogens with one attached hydrogen (secondary N) is 1. The first kappa shape index (κ1) is 16.0. The molecule has 108 valence electrons. The van der Waals surface area contributed by atoms with Crippen molar-refractivity contribution in [3.63, 3.8) is 0 Å². The van der Waals surface area contributed by atoms with Crippen LogP contribution in [-0.4, -0.2) is 45.2 Å². The third-order valence-electron chi connectivity index (χ3n) is 3.06. The van der Waals surface area contributed by atoms with Crippen LogP contribution in [0.25, 0.3) is 0 Å². The van der Waals surface area contributed by atoms with Crippen LogP contribution in [-0.2, 0) is 0 Å². The molecule has 0 bridgehead atoms. The summed E-state index contributed by atoms with van der Waals surface area (Å²) >= 11 is 0. The fourth-order valence-electron chi connectivity index (χ4n) is 1.90. The Balaban J connectivity index is 2.38. The molecule has 0 aliphatic carbocycles. The first-order valence-corrected chi connectivity index (χ1v) is 7.09. The lowest BCUT2D eigenvalue weighted by atomic mass is 10.0. The molecule has 3 heteroatoms. The number of ether oxygens (including phenoxy) is 1. The molecule has 0 aliphatic heterocycles. The summed E-state index contributed by atoms with van der Waals surface area (Å²) < 4.78 is 5.91. The van der Waals surface area contributed by atoms with Crippen molar-refractivity contribution in [2.75, 3.05) is 40.3 Å². The van der Waals surface area contributed by atoms with E-state index in [1.165, 1.54) is 11.1 Å². The van der Waals surface area contributed by atoms with Gasteiger partial charge in [0.05, 0.1) is 0 Å². The topological polar surface area (TPSA) is 24.5 Å². The zero-order chi connectivity index (χ0) is 14.3. The Morgan fingerprint density at radius 2 is 1.95 bits per heavy atom. The van der Waals surface area contributed by atoms with E-state index in [9.17, 15) is 0 Å². The minimum atomic E-state index is 0.498. The summed E-state index contributed by atoms with van der Waals surface area (Å²) in [5, 5.41) is 3.38. The van der Waals surface area contributed by atoms with Crippen molar-refractivity contribution in [2.45, 2.75) is 26.7 Å². The maximum absolute atomic E-state index is 5.91. The van der Waals surface area contributed by atoms with Crippen molar-refractivity contribution in [1.82, 2.24) is 10.2 Å². The summed E-state index contributed by atoms with van der Waals surface area (Å²) in [7, 11) is 4.17. The van der Waals surface area contributed by atoms with Crippen LogP contribution in [0.5, 0.6) is 5.75 Å². The Morgan fingerprint density at radius 1 is 1.21 bits per heavy atom. The molecule has 19 heavy (non-hydrogen) atoms. The normalized spacial score (nSPS) is 11.3. The summed E-state index contributed by atoms with van der Waals surface area (Å²) in [6.45, 7) is 10.2. The van der Waals surface area contributed by atoms with Gasteiger partial charge in [0.25, 0.3) is 0 Å². The minimum Gasteiger partial charge on any atom is -0.492 e. The van der Waals surface area contributed by atoms with Crippen LogP contribution in [0.3, 0.4) is 0 Å². The molecular weight excluding hydrogens is 236 g/mol. The molecule has 1 aromatic rings. The van der Waals surface area contributed by atoms with Crippen LogP contribution in [0.2, 0.25) is 0 Å². The number of hydrogen-bond acceptors (Lipinski definition) is 3. The zero-order valence-corrected chi connectivity index (χ0v) is 13.0. The Labute approximate surface area is 118 Å². The predicted molar refractivity (Wildman–Crippen MR) is 82.2 cm³/mol. The van der Waals surface area contributed by atoms with E-state index in [1.54, 1.807) is 0 Å². The van der Waals surface area contributed by atoms with Gasteiger partial charge >= 0.3 is 0 Å². The molecule has 0 amide bonds. The number of hydrogen-bond donors (Lipinski definition) is 1. The summed E-state index contributed by atoms with van der Waals surface area (Å²) in [5.41, 5.74) is 2.54. The van der Waals surface area contributed by atoms with Gasteiger partial charge in [-0.15, -0.1) is 0 Å². The van der Waals surface area contributed by atoms with Gasteiger partial charge in [0, 0.05) is 19.6 Å². The highest BCUT2D eigenvalue weighted by Gasteiger charge is 2.07. The maximum Gasteiger partial charge on any atom is 0.123 e. The van der Waals surface area contributed by atoms with Crippen molar-refractivity contribution in [3.8, 4) is 5.75 Å². The Morgan fingerprint density at radius 3 is 2.58 bits per heavy atom. The first-order chi connectivity index (χ1) is 9.00. The van der Waals surface area contributed by atoms with Crippen LogP contribution in [0.1, 0.15) is 30.9 Å². The summed E-state index contributed by atoms with van der Waals surface area (Å²) in [5.74, 6) is 1.53. The molecule has 0 spiro atoms. The average Bonchev–Trinajstić information content (AvgIpc) is 2.33. The van der Waals surface area contributed by atoms with Crippen molar-refractivity contribution in [2.24, 2.45) is 0 Å². The van der Waals surface area contributed by atoms with Gasteiger partial charge in [-0.05, 0) is 44.1 Å². The van der Waals surface area contributed by atoms with Crippen molar-refractivity contribution in [1.29, 1.82) is 0 Å². The third-order valence-corrected chi connectivity index (χ3v) is 3.06. The molecule has 0 saturated carbocycles. The highest BCUT2D eigenvalue weighted by Crippen LogP contribution is 2.27. The van der Waals surface area contributed by atoms with E-state index in [-0.39, 0.29) is 0 Å². The standard InChI is InChI=1S/C16H28N2O/c1-13(2)15-7-6-14(3)12-16(15)19-11-9-17-8-10-18(4)5/h6-7,12-13,17H,8-11H2,1-5H3. The van der Waals surface area contributed by atoms with E-state index in [0.717, 1.165) is 32.0 Å². The van der Waals surface area contributed by atoms with Crippen molar-refractivity contribution < 1.29 is 4.74 Å². The number of benzene rings is 1. The molecule has 1 rings (SSSR count). The molecule has 0 radical (unpaired) electrons. The minimum absolute atomic E-state index is 0.498. The Hall–Kier alpha value is -1.06. The van der Waals surface area contributed by atoms with Crippen LogP contribution in [0.4, 0.5) is 0 Å². The monoisotopic (exact) mass is 264 g/mol. The molecule has 0 fully saturated rings. The largest absolute Gasteiger partial charge is 0.492 e. The van der Waals surface area contributed by atoms with Gasteiger partial charge in [0.2, 0.25) is 0 Å². The lowest BCUT2D eigenvalue weighted by Crippen LogP contribution is -2.29. The van der Waals surface area contributed by atoms with Gasteiger partial charge in [0.1, 0.15) is 12.4 Å². The van der Waals surface area contributed by atoms with Gasteiger partial charge in [-0.25, -0.2) is 0 Å². The first-order valence-electron chi connectivity index (χ1n) is 7.09. The van der Waals surface area contributed by atoms with Gasteiger partial charge < -0.3 is 15.0 Å². The quantitative estimate of drug-likeness (QED) is 0.731. The second-order valence-corrected chi connectivity index (χ2v) is 5.60. The molecule has 0 saturated heterocycles. The lowest BCUT2D eigenvalue weighted by molar-refractivity contribution is 0.304. The molecule has 0 unspecified atom stereocenters. The summed E-state index contributed by atoms with van der Waals surface area (Å²) in [4.78, 5) is 2.17. The molecule has 0 aliphatic rings. The van der Waals surface area contributed by atoms with Gasteiger partial charge in [-0.1, -0.05) is 26.0 Å². The lowest BCUT2D eigenvalue weighted by Gasteiger charge is -2.15. The fourth-order valence-corrected chi connectivity index (χ4v) is 1.90. The number of likely N-dealkylation sites (N-methyl/N-ethyl adjacent to an activating group) is 1. The highest BCUT2D eigenvalue weighted by atomic mass is 16.5. The average molecular weight is 264 g/mol. The van der Waals surface area contributed by atoms with Gasteiger partial charge in [-0.3, -0.25) is 0 Å². The molecule has 0 aromatic heterocycles. The van der Waals surface area contributed by atoms with Crippen LogP contribution < -0.4 is 10.1 Å². The van der Waals surface area contributed by atoms with Crippen molar-refractivity contribution in [3.05, 3.63) is 29.3 Å². The van der Waals surface area contributed by atoms with E-state index in [0.29, 0.717) is 5.92 Å². The van der Waals surface area contributed by atoms with E-state index in [4.69, 9.17) is 4.74 Å². The summed E-state index contributed by atoms with van der Waals surface area (Å²) in [6.07, 6.45) is 0. The van der Waals surface area contributed by atoms with Crippen molar-refractivity contribution >= 4 is 0 Å². The second-order valence-electron chi connectivity index (χ2n) is 5.60. The highest BCUT2D eigenvalue weighted by molar-refractivity contribution is 5.39. The smallest absolute Gasteiger partial charge is 0.123 e. The Kier molecular flexibility index (Phi) is 6.89. The van der Waals surface area contributed by atoms with Gasteiger partial charge in [0.15, 0.2) is 0 Å². The third kappa shape index (κ3) is 6.08. The number of nitrogens with zero attached hydrogens (tertiary/aromatic N) is 1. The van der Waals surface area contributed by atoms with E-state index in [1.807, 2.05) is 0 Å². The van der Waals surface area contributed by atoms with E-state index >= 15 is 0 Å². The van der Waals surface area contributed by atoms with Gasteiger partial charge in [-0.2, -0.15) is 0 Å².